The van der Waals surface area contributed by atoms with Crippen LogP contribution in [0.25, 0.3) is 0 Å². The molecule has 5 saturated carbocycles. The average Bonchev–Trinajstić information content (AvgIpc) is 3.48. The molecule has 0 bridgehead atoms. The first-order valence-electron chi connectivity index (χ1n) is 15.7. The second kappa shape index (κ2) is 7.75. The number of likely N-dealkylation sites (tertiary alicyclic amines) is 1. The Morgan fingerprint density at radius 2 is 1.70 bits per heavy atom. The lowest BCUT2D eigenvalue weighted by atomic mass is 9.41. The molecule has 208 valence electrons. The van der Waals surface area contributed by atoms with Crippen molar-refractivity contribution >= 4 is 5.91 Å². The quantitative estimate of drug-likeness (QED) is 0.534. The Morgan fingerprint density at radius 3 is 2.46 bits per heavy atom. The number of piperidine rings is 1. The fourth-order valence-electron chi connectivity index (χ4n) is 12.8. The highest BCUT2D eigenvalue weighted by atomic mass is 16.5. The lowest BCUT2D eigenvalue weighted by Gasteiger charge is -2.63. The van der Waals surface area contributed by atoms with E-state index in [0.29, 0.717) is 47.5 Å². The van der Waals surface area contributed by atoms with Crippen LogP contribution >= 0.6 is 0 Å². The Morgan fingerprint density at radius 1 is 0.973 bits per heavy atom. The third-order valence-electron chi connectivity index (χ3n) is 14.7. The normalized spacial score (nSPS) is 58.0. The van der Waals surface area contributed by atoms with Crippen LogP contribution in [0.1, 0.15) is 105 Å². The molecule has 0 aromatic carbocycles. The topological polar surface area (TPSA) is 70.0 Å². The molecular weight excluding hydrogens is 462 g/mol. The van der Waals surface area contributed by atoms with Crippen molar-refractivity contribution in [2.45, 2.75) is 130 Å². The molecule has 2 aliphatic heterocycles. The van der Waals surface area contributed by atoms with E-state index in [4.69, 9.17) is 4.74 Å². The summed E-state index contributed by atoms with van der Waals surface area (Å²) >= 11 is 0. The van der Waals surface area contributed by atoms with Gasteiger partial charge >= 0.3 is 0 Å². The average molecular weight is 514 g/mol. The monoisotopic (exact) mass is 513 g/mol. The maximum Gasteiger partial charge on any atom is 0.222 e. The van der Waals surface area contributed by atoms with Crippen LogP contribution in [-0.2, 0) is 9.53 Å². The number of hydrogen-bond acceptors (Lipinski definition) is 4. The molecular formula is C32H51NO4. The standard InChI is InChI=1S/C32H51NO4/c1-19-16-20(17-33-15-7-6-8-24(33)35)37-26-25(19)29(4)13-14-32-18-31(32)12-11-23(34)28(2,3)21(31)9-10-22(32)30(29,5)27(26)36/h19-23,25-27,34,36H,6-18H2,1-5H3/t19-,20?,21+,22?,23+,25+,26?,27+,29-,30-,31-,32+/m1/s1. The number of carbonyl (C=O) groups is 1. The number of nitrogens with zero attached hydrogens (tertiary/aromatic N) is 1. The van der Waals surface area contributed by atoms with Crippen LogP contribution in [0.4, 0.5) is 0 Å². The smallest absolute Gasteiger partial charge is 0.222 e. The SMILES string of the molecule is C[C@@H]1CC(CN2CCCCC2=O)OC2[C@H]1[C@@]1(C)CC[C@@]34C[C@@]35CC[C@H](O)C(C)(C)[C@@H]5CCC4[C@]1(C)[C@H]2O. The Kier molecular flexibility index (Phi) is 5.31. The molecule has 7 rings (SSSR count). The first kappa shape index (κ1) is 25.3. The fourth-order valence-corrected chi connectivity index (χ4v) is 12.8. The molecule has 2 heterocycles. The number of hydrogen-bond donors (Lipinski definition) is 2. The molecule has 7 fully saturated rings. The van der Waals surface area contributed by atoms with Gasteiger partial charge in [0.1, 0.15) is 0 Å². The fraction of sp³-hybridized carbons (Fsp3) is 0.969. The number of aliphatic hydroxyl groups is 2. The van der Waals surface area contributed by atoms with Gasteiger partial charge in [-0.15, -0.1) is 0 Å². The Labute approximate surface area is 224 Å². The van der Waals surface area contributed by atoms with E-state index in [9.17, 15) is 15.0 Å². The second-order valence-corrected chi connectivity index (χ2v) is 16.0. The summed E-state index contributed by atoms with van der Waals surface area (Å²) in [7, 11) is 0. The van der Waals surface area contributed by atoms with Crippen molar-refractivity contribution in [2.75, 3.05) is 13.1 Å². The van der Waals surface area contributed by atoms with Gasteiger partial charge in [0.05, 0.1) is 24.4 Å². The summed E-state index contributed by atoms with van der Waals surface area (Å²) in [6.45, 7) is 13.6. The molecule has 5 nitrogen and oxygen atoms in total. The van der Waals surface area contributed by atoms with E-state index in [1.807, 2.05) is 4.90 Å². The van der Waals surface area contributed by atoms with Crippen LogP contribution in [0, 0.1) is 50.7 Å². The molecule has 5 heteroatoms. The predicted octanol–water partition coefficient (Wildman–Crippen LogP) is 5.17. The molecule has 0 radical (unpaired) electrons. The van der Waals surface area contributed by atoms with Crippen LogP contribution < -0.4 is 0 Å². The molecule has 37 heavy (non-hydrogen) atoms. The number of carbonyl (C=O) groups excluding carboxylic acids is 1. The van der Waals surface area contributed by atoms with Crippen molar-refractivity contribution in [3.05, 3.63) is 0 Å². The molecule has 12 atom stereocenters. The second-order valence-electron chi connectivity index (χ2n) is 16.0. The zero-order valence-electron chi connectivity index (χ0n) is 24.0. The molecule has 1 amide bonds. The van der Waals surface area contributed by atoms with Crippen molar-refractivity contribution in [2.24, 2.45) is 50.7 Å². The van der Waals surface area contributed by atoms with Crippen LogP contribution in [0.5, 0.6) is 0 Å². The summed E-state index contributed by atoms with van der Waals surface area (Å²) in [6, 6.07) is 0. The van der Waals surface area contributed by atoms with Crippen LogP contribution in [0.2, 0.25) is 0 Å². The number of ether oxygens (including phenoxy) is 1. The summed E-state index contributed by atoms with van der Waals surface area (Å²) in [5.41, 5.74) is 0.657. The summed E-state index contributed by atoms with van der Waals surface area (Å²) < 4.78 is 6.87. The lowest BCUT2D eigenvalue weighted by Crippen LogP contribution is -2.59. The van der Waals surface area contributed by atoms with Gasteiger partial charge < -0.3 is 19.8 Å². The molecule has 5 aliphatic carbocycles. The van der Waals surface area contributed by atoms with Gasteiger partial charge in [-0.1, -0.05) is 34.6 Å². The molecule has 7 aliphatic rings. The summed E-state index contributed by atoms with van der Waals surface area (Å²) in [4.78, 5) is 14.6. The van der Waals surface area contributed by atoms with Gasteiger partial charge in [0, 0.05) is 24.9 Å². The Bertz CT molecular complexity index is 982. The maximum atomic E-state index is 12.5. The maximum absolute atomic E-state index is 12.5. The van der Waals surface area contributed by atoms with Gasteiger partial charge in [-0.3, -0.25) is 4.79 Å². The van der Waals surface area contributed by atoms with Crippen molar-refractivity contribution in [3.8, 4) is 0 Å². The zero-order valence-corrected chi connectivity index (χ0v) is 24.0. The first-order chi connectivity index (χ1) is 17.4. The predicted molar refractivity (Wildman–Crippen MR) is 143 cm³/mol. The number of fused-ring (bicyclic) bond motifs is 4. The van der Waals surface area contributed by atoms with Gasteiger partial charge in [0.2, 0.25) is 5.91 Å². The molecule has 2 spiro atoms. The van der Waals surface area contributed by atoms with Gasteiger partial charge in [0.25, 0.3) is 0 Å². The van der Waals surface area contributed by atoms with E-state index in [2.05, 4.69) is 34.6 Å². The molecule has 0 aromatic heterocycles. The minimum Gasteiger partial charge on any atom is -0.393 e. The van der Waals surface area contributed by atoms with Gasteiger partial charge in [0.15, 0.2) is 0 Å². The van der Waals surface area contributed by atoms with Crippen LogP contribution in [-0.4, -0.2) is 58.5 Å². The van der Waals surface area contributed by atoms with Crippen LogP contribution in [0.3, 0.4) is 0 Å². The zero-order chi connectivity index (χ0) is 26.2. The largest absolute Gasteiger partial charge is 0.393 e. The molecule has 3 unspecified atom stereocenters. The molecule has 2 N–H and O–H groups in total. The summed E-state index contributed by atoms with van der Waals surface area (Å²) in [6.07, 6.45) is 11.4. The lowest BCUT2D eigenvalue weighted by molar-refractivity contribution is -0.182. The minimum absolute atomic E-state index is 0.00656. The van der Waals surface area contributed by atoms with Gasteiger partial charge in [-0.2, -0.15) is 0 Å². The Balaban J connectivity index is 1.19. The number of aliphatic hydroxyl groups excluding tert-OH is 2. The minimum atomic E-state index is -0.441. The van der Waals surface area contributed by atoms with Crippen molar-refractivity contribution in [1.29, 1.82) is 0 Å². The van der Waals surface area contributed by atoms with E-state index in [-0.39, 0.29) is 40.5 Å². The third kappa shape index (κ3) is 2.90. The van der Waals surface area contributed by atoms with E-state index in [0.717, 1.165) is 32.2 Å². The highest BCUT2D eigenvalue weighted by molar-refractivity contribution is 5.76. The van der Waals surface area contributed by atoms with Crippen LogP contribution in [0.15, 0.2) is 0 Å². The van der Waals surface area contributed by atoms with E-state index < -0.39 is 6.10 Å². The van der Waals surface area contributed by atoms with Crippen molar-refractivity contribution in [1.82, 2.24) is 4.90 Å². The summed E-state index contributed by atoms with van der Waals surface area (Å²) in [5, 5.41) is 23.2. The highest BCUT2D eigenvalue weighted by Gasteiger charge is 2.84. The van der Waals surface area contributed by atoms with Gasteiger partial charge in [-0.05, 0) is 110 Å². The Hall–Kier alpha value is -0.650. The third-order valence-corrected chi connectivity index (χ3v) is 14.7. The summed E-state index contributed by atoms with van der Waals surface area (Å²) in [5.74, 6) is 2.31. The highest BCUT2D eigenvalue weighted by Crippen LogP contribution is 2.89. The van der Waals surface area contributed by atoms with E-state index in [1.165, 1.54) is 38.5 Å². The van der Waals surface area contributed by atoms with E-state index in [1.54, 1.807) is 0 Å². The van der Waals surface area contributed by atoms with E-state index >= 15 is 0 Å². The number of rotatable bonds is 2. The van der Waals surface area contributed by atoms with Crippen molar-refractivity contribution < 1.29 is 19.7 Å². The molecule has 0 aromatic rings. The number of amides is 1. The molecule has 2 saturated heterocycles. The van der Waals surface area contributed by atoms with Gasteiger partial charge in [-0.25, -0.2) is 0 Å². The first-order valence-corrected chi connectivity index (χ1v) is 15.7. The van der Waals surface area contributed by atoms with Crippen molar-refractivity contribution in [3.63, 3.8) is 0 Å².